The topological polar surface area (TPSA) is 49.6 Å². The van der Waals surface area contributed by atoms with Crippen LogP contribution in [0.25, 0.3) is 5.65 Å². The fraction of sp³-hybridized carbons (Fsp3) is 0.278. The monoisotopic (exact) mass is 295 g/mol. The number of aryl methyl sites for hydroxylation is 1. The number of hydrogen-bond donors (Lipinski definition) is 2. The minimum atomic E-state index is -0.385. The van der Waals surface area contributed by atoms with E-state index in [1.165, 1.54) is 5.56 Å². The van der Waals surface area contributed by atoms with Gasteiger partial charge in [0.2, 0.25) is 0 Å². The van der Waals surface area contributed by atoms with Crippen LogP contribution in [-0.4, -0.2) is 27.1 Å². The first-order valence-electron chi connectivity index (χ1n) is 7.57. The van der Waals surface area contributed by atoms with Crippen LogP contribution in [0.5, 0.6) is 0 Å². The zero-order valence-electron chi connectivity index (χ0n) is 12.7. The van der Waals surface area contributed by atoms with Crippen molar-refractivity contribution in [2.75, 3.05) is 6.54 Å². The summed E-state index contributed by atoms with van der Waals surface area (Å²) >= 11 is 0. The normalized spacial score (nSPS) is 12.6. The second-order valence-electron chi connectivity index (χ2n) is 5.66. The molecule has 0 fully saturated rings. The molecule has 22 heavy (non-hydrogen) atoms. The van der Waals surface area contributed by atoms with E-state index in [1.54, 1.807) is 0 Å². The number of aliphatic hydroxyl groups is 1. The third-order valence-corrected chi connectivity index (χ3v) is 3.75. The van der Waals surface area contributed by atoms with E-state index in [2.05, 4.69) is 33.8 Å². The minimum Gasteiger partial charge on any atom is -0.391 e. The Morgan fingerprint density at radius 3 is 2.86 bits per heavy atom. The average Bonchev–Trinajstić information content (AvgIpc) is 2.90. The molecule has 0 aliphatic heterocycles. The maximum atomic E-state index is 10.1. The molecule has 0 bridgehead atoms. The highest BCUT2D eigenvalue weighted by Crippen LogP contribution is 2.09. The summed E-state index contributed by atoms with van der Waals surface area (Å²) in [6.07, 6.45) is 4.20. The number of pyridine rings is 1. The molecule has 1 unspecified atom stereocenters. The highest BCUT2D eigenvalue weighted by atomic mass is 16.3. The van der Waals surface area contributed by atoms with Crippen LogP contribution in [0.1, 0.15) is 16.8 Å². The molecular weight excluding hydrogens is 274 g/mol. The first kappa shape index (κ1) is 14.8. The first-order chi connectivity index (χ1) is 10.7. The molecule has 0 aliphatic carbocycles. The van der Waals surface area contributed by atoms with Gasteiger partial charge in [-0.25, -0.2) is 4.98 Å². The van der Waals surface area contributed by atoms with Crippen molar-refractivity contribution in [2.45, 2.75) is 26.0 Å². The van der Waals surface area contributed by atoms with Gasteiger partial charge in [0, 0.05) is 19.3 Å². The fourth-order valence-corrected chi connectivity index (χ4v) is 2.59. The van der Waals surface area contributed by atoms with Crippen LogP contribution < -0.4 is 5.32 Å². The summed E-state index contributed by atoms with van der Waals surface area (Å²) in [6, 6.07) is 14.2. The lowest BCUT2D eigenvalue weighted by Gasteiger charge is -2.12. The summed E-state index contributed by atoms with van der Waals surface area (Å²) in [4.78, 5) is 4.41. The Bertz CT molecular complexity index is 736. The maximum Gasteiger partial charge on any atom is 0.137 e. The molecule has 1 atom stereocenters. The van der Waals surface area contributed by atoms with Gasteiger partial charge >= 0.3 is 0 Å². The van der Waals surface area contributed by atoms with E-state index in [-0.39, 0.29) is 6.10 Å². The number of rotatable bonds is 6. The highest BCUT2D eigenvalue weighted by Gasteiger charge is 2.07. The van der Waals surface area contributed by atoms with E-state index in [0.29, 0.717) is 19.5 Å². The number of benzene rings is 1. The van der Waals surface area contributed by atoms with E-state index in [1.807, 2.05) is 42.7 Å². The van der Waals surface area contributed by atoms with Gasteiger partial charge in [-0.2, -0.15) is 0 Å². The summed E-state index contributed by atoms with van der Waals surface area (Å²) in [7, 11) is 0. The molecule has 0 saturated carbocycles. The van der Waals surface area contributed by atoms with Crippen molar-refractivity contribution in [3.05, 3.63) is 71.7 Å². The molecule has 4 nitrogen and oxygen atoms in total. The van der Waals surface area contributed by atoms with E-state index in [4.69, 9.17) is 0 Å². The molecule has 4 heteroatoms. The first-order valence-corrected chi connectivity index (χ1v) is 7.57. The zero-order chi connectivity index (χ0) is 15.4. The highest BCUT2D eigenvalue weighted by molar-refractivity contribution is 5.42. The van der Waals surface area contributed by atoms with Gasteiger partial charge in [-0.1, -0.05) is 30.3 Å². The molecule has 2 N–H and O–H groups in total. The van der Waals surface area contributed by atoms with Gasteiger partial charge in [0.05, 0.1) is 18.0 Å². The Hall–Kier alpha value is -2.17. The summed E-state index contributed by atoms with van der Waals surface area (Å²) in [6.45, 7) is 3.32. The molecule has 0 saturated heterocycles. The molecule has 114 valence electrons. The number of aliphatic hydroxyl groups excluding tert-OH is 1. The maximum absolute atomic E-state index is 10.1. The lowest BCUT2D eigenvalue weighted by molar-refractivity contribution is 0.171. The lowest BCUT2D eigenvalue weighted by Crippen LogP contribution is -2.28. The van der Waals surface area contributed by atoms with E-state index >= 15 is 0 Å². The number of imidazole rings is 1. The van der Waals surface area contributed by atoms with E-state index in [9.17, 15) is 5.11 Å². The number of nitrogens with zero attached hydrogens (tertiary/aromatic N) is 2. The molecular formula is C18H21N3O. The van der Waals surface area contributed by atoms with Crippen molar-refractivity contribution in [1.82, 2.24) is 14.7 Å². The summed E-state index contributed by atoms with van der Waals surface area (Å²) in [5.41, 5.74) is 4.42. The SMILES string of the molecule is Cc1ccn2c(CNCC(O)Cc3ccccc3)cnc2c1. The van der Waals surface area contributed by atoms with Gasteiger partial charge < -0.3 is 14.8 Å². The van der Waals surface area contributed by atoms with Gasteiger partial charge in [-0.05, 0) is 36.6 Å². The van der Waals surface area contributed by atoms with Crippen molar-refractivity contribution in [3.8, 4) is 0 Å². The van der Waals surface area contributed by atoms with Gasteiger partial charge in [0.1, 0.15) is 5.65 Å². The Morgan fingerprint density at radius 2 is 2.05 bits per heavy atom. The van der Waals surface area contributed by atoms with Crippen LogP contribution >= 0.6 is 0 Å². The molecule has 2 aromatic heterocycles. The predicted molar refractivity (Wildman–Crippen MR) is 87.8 cm³/mol. The Balaban J connectivity index is 1.54. The second-order valence-corrected chi connectivity index (χ2v) is 5.66. The molecule has 1 aromatic carbocycles. The summed E-state index contributed by atoms with van der Waals surface area (Å²) in [5.74, 6) is 0. The summed E-state index contributed by atoms with van der Waals surface area (Å²) in [5, 5.41) is 13.4. The number of nitrogens with one attached hydrogen (secondary N) is 1. The van der Waals surface area contributed by atoms with Gasteiger partial charge in [-0.15, -0.1) is 0 Å². The molecule has 0 radical (unpaired) electrons. The Morgan fingerprint density at radius 1 is 1.23 bits per heavy atom. The molecule has 3 aromatic rings. The molecule has 2 heterocycles. The predicted octanol–water partition coefficient (Wildman–Crippen LogP) is 2.34. The largest absolute Gasteiger partial charge is 0.391 e. The fourth-order valence-electron chi connectivity index (χ4n) is 2.59. The van der Waals surface area contributed by atoms with Crippen LogP contribution in [0.15, 0.2) is 54.9 Å². The third kappa shape index (κ3) is 3.53. The summed E-state index contributed by atoms with van der Waals surface area (Å²) < 4.78 is 2.07. The van der Waals surface area contributed by atoms with E-state index < -0.39 is 0 Å². The zero-order valence-corrected chi connectivity index (χ0v) is 12.7. The number of fused-ring (bicyclic) bond motifs is 1. The average molecular weight is 295 g/mol. The van der Waals surface area contributed by atoms with Crippen molar-refractivity contribution in [1.29, 1.82) is 0 Å². The number of hydrogen-bond acceptors (Lipinski definition) is 3. The van der Waals surface area contributed by atoms with Gasteiger partial charge in [-0.3, -0.25) is 0 Å². The quantitative estimate of drug-likeness (QED) is 0.734. The minimum absolute atomic E-state index is 0.385. The Kier molecular flexibility index (Phi) is 4.51. The van der Waals surface area contributed by atoms with Crippen molar-refractivity contribution in [2.24, 2.45) is 0 Å². The van der Waals surface area contributed by atoms with Crippen LogP contribution in [0.4, 0.5) is 0 Å². The molecule has 0 amide bonds. The van der Waals surface area contributed by atoms with Crippen LogP contribution in [0.3, 0.4) is 0 Å². The molecule has 3 rings (SSSR count). The standard InChI is InChI=1S/C18H21N3O/c1-14-7-8-21-16(12-20-18(21)9-14)11-19-13-17(22)10-15-5-3-2-4-6-15/h2-9,12,17,19,22H,10-11,13H2,1H3. The van der Waals surface area contributed by atoms with E-state index in [0.717, 1.165) is 16.9 Å². The van der Waals surface area contributed by atoms with Crippen LogP contribution in [0, 0.1) is 6.92 Å². The van der Waals surface area contributed by atoms with Gasteiger partial charge in [0.25, 0.3) is 0 Å². The van der Waals surface area contributed by atoms with Crippen molar-refractivity contribution in [3.63, 3.8) is 0 Å². The molecule has 0 spiro atoms. The van der Waals surface area contributed by atoms with Crippen molar-refractivity contribution < 1.29 is 5.11 Å². The van der Waals surface area contributed by atoms with Crippen molar-refractivity contribution >= 4 is 5.65 Å². The Labute approximate surface area is 130 Å². The lowest BCUT2D eigenvalue weighted by atomic mass is 10.1. The molecule has 0 aliphatic rings. The van der Waals surface area contributed by atoms with Crippen LogP contribution in [-0.2, 0) is 13.0 Å². The number of aromatic nitrogens is 2. The van der Waals surface area contributed by atoms with Crippen LogP contribution in [0.2, 0.25) is 0 Å². The van der Waals surface area contributed by atoms with Gasteiger partial charge in [0.15, 0.2) is 0 Å². The smallest absolute Gasteiger partial charge is 0.137 e. The third-order valence-electron chi connectivity index (χ3n) is 3.75. The second kappa shape index (κ2) is 6.73.